The van der Waals surface area contributed by atoms with Gasteiger partial charge < -0.3 is 10.1 Å². The quantitative estimate of drug-likeness (QED) is 0.786. The molecule has 0 saturated heterocycles. The third-order valence-corrected chi connectivity index (χ3v) is 3.33. The fourth-order valence-electron chi connectivity index (χ4n) is 1.35. The van der Waals surface area contributed by atoms with E-state index in [1.807, 2.05) is 6.20 Å². The highest BCUT2D eigenvalue weighted by Gasteiger charge is 2.14. The Hall–Kier alpha value is -0.580. The number of hydrogen-bond donors (Lipinski definition) is 1. The van der Waals surface area contributed by atoms with Crippen LogP contribution in [0.25, 0.3) is 5.57 Å². The van der Waals surface area contributed by atoms with Crippen molar-refractivity contribution >= 4 is 28.5 Å². The van der Waals surface area contributed by atoms with E-state index in [0.29, 0.717) is 5.19 Å². The Morgan fingerprint density at radius 1 is 1.71 bits per heavy atom. The van der Waals surface area contributed by atoms with Gasteiger partial charge in [0, 0.05) is 19.3 Å². The molecule has 1 aromatic rings. The van der Waals surface area contributed by atoms with Crippen LogP contribution in [0.3, 0.4) is 0 Å². The minimum atomic E-state index is 0.0758. The van der Waals surface area contributed by atoms with E-state index >= 15 is 0 Å². The second-order valence-corrected chi connectivity index (χ2v) is 4.59. The van der Waals surface area contributed by atoms with Crippen molar-refractivity contribution in [1.82, 2.24) is 10.3 Å². The number of rotatable bonds is 2. The number of ether oxygens (including phenoxy) is 1. The molecule has 0 radical (unpaired) electrons. The monoisotopic (exact) mass is 230 g/mol. The Kier molecular flexibility index (Phi) is 3.05. The van der Waals surface area contributed by atoms with Crippen LogP contribution in [0.2, 0.25) is 0 Å². The van der Waals surface area contributed by atoms with Gasteiger partial charge in [-0.05, 0) is 5.57 Å². The lowest BCUT2D eigenvalue weighted by Crippen LogP contribution is -2.28. The first-order valence-corrected chi connectivity index (χ1v) is 5.60. The van der Waals surface area contributed by atoms with Crippen molar-refractivity contribution in [2.75, 3.05) is 20.2 Å². The molecule has 5 heteroatoms. The van der Waals surface area contributed by atoms with E-state index in [4.69, 9.17) is 16.3 Å². The Morgan fingerprint density at radius 2 is 2.57 bits per heavy atom. The van der Waals surface area contributed by atoms with Crippen LogP contribution in [0, 0.1) is 0 Å². The summed E-state index contributed by atoms with van der Waals surface area (Å²) in [6.45, 7) is 1.69. The van der Waals surface area contributed by atoms with Gasteiger partial charge in [0.1, 0.15) is 0 Å². The molecule has 0 aliphatic carbocycles. The van der Waals surface area contributed by atoms with Gasteiger partial charge in [-0.1, -0.05) is 17.4 Å². The molecule has 0 spiro atoms. The molecule has 3 nitrogen and oxygen atoms in total. The Bertz CT molecular complexity index is 350. The maximum absolute atomic E-state index is 6.02. The average Bonchev–Trinajstić information content (AvgIpc) is 2.66. The highest BCUT2D eigenvalue weighted by molar-refractivity contribution is 7.14. The van der Waals surface area contributed by atoms with Gasteiger partial charge in [-0.25, -0.2) is 4.98 Å². The number of alkyl halides is 1. The van der Waals surface area contributed by atoms with Crippen LogP contribution in [0.5, 0.6) is 5.19 Å². The molecule has 1 N–H and O–H groups in total. The molecule has 0 amide bonds. The van der Waals surface area contributed by atoms with Crippen molar-refractivity contribution < 1.29 is 4.74 Å². The Morgan fingerprint density at radius 3 is 3.21 bits per heavy atom. The van der Waals surface area contributed by atoms with Crippen molar-refractivity contribution in [3.8, 4) is 5.19 Å². The van der Waals surface area contributed by atoms with E-state index < -0.39 is 0 Å². The van der Waals surface area contributed by atoms with Crippen LogP contribution >= 0.6 is 22.9 Å². The summed E-state index contributed by atoms with van der Waals surface area (Å²) < 4.78 is 5.04. The average molecular weight is 231 g/mol. The minimum absolute atomic E-state index is 0.0758. The molecule has 2 rings (SSSR count). The fourth-order valence-corrected chi connectivity index (χ4v) is 2.37. The molecule has 0 bridgehead atoms. The van der Waals surface area contributed by atoms with Crippen LogP contribution in [0.15, 0.2) is 12.3 Å². The zero-order chi connectivity index (χ0) is 9.97. The maximum Gasteiger partial charge on any atom is 0.273 e. The highest BCUT2D eigenvalue weighted by atomic mass is 35.5. The largest absolute Gasteiger partial charge is 0.473 e. The Labute approximate surface area is 91.8 Å². The molecule has 0 saturated carbocycles. The number of methoxy groups -OCH3 is 1. The van der Waals surface area contributed by atoms with E-state index in [1.165, 1.54) is 5.57 Å². The van der Waals surface area contributed by atoms with Gasteiger partial charge in [-0.3, -0.25) is 0 Å². The molecular formula is C9H11ClN2OS. The molecule has 76 valence electrons. The third kappa shape index (κ3) is 2.08. The number of thiazole rings is 1. The lowest BCUT2D eigenvalue weighted by Gasteiger charge is -2.16. The van der Waals surface area contributed by atoms with E-state index in [2.05, 4.69) is 16.4 Å². The summed E-state index contributed by atoms with van der Waals surface area (Å²) in [5, 5.41) is 4.02. The normalized spacial score (nSPS) is 21.9. The number of nitrogens with zero attached hydrogens (tertiary/aromatic N) is 1. The van der Waals surface area contributed by atoms with Gasteiger partial charge in [0.05, 0.1) is 17.4 Å². The molecule has 2 heterocycles. The van der Waals surface area contributed by atoms with Crippen molar-refractivity contribution in [2.24, 2.45) is 0 Å². The van der Waals surface area contributed by atoms with Crippen LogP contribution < -0.4 is 10.1 Å². The molecule has 0 fully saturated rings. The van der Waals surface area contributed by atoms with Crippen LogP contribution in [0.1, 0.15) is 4.88 Å². The van der Waals surface area contributed by atoms with E-state index in [1.54, 1.807) is 18.4 Å². The Balaban J connectivity index is 2.21. The minimum Gasteiger partial charge on any atom is -0.473 e. The van der Waals surface area contributed by atoms with Gasteiger partial charge in [0.25, 0.3) is 5.19 Å². The number of halogens is 1. The first-order chi connectivity index (χ1) is 6.79. The van der Waals surface area contributed by atoms with Gasteiger partial charge in [0.15, 0.2) is 0 Å². The molecule has 1 atom stereocenters. The molecular weight excluding hydrogens is 220 g/mol. The van der Waals surface area contributed by atoms with E-state index in [0.717, 1.165) is 18.0 Å². The van der Waals surface area contributed by atoms with Crippen molar-refractivity contribution in [1.29, 1.82) is 0 Å². The topological polar surface area (TPSA) is 34.1 Å². The summed E-state index contributed by atoms with van der Waals surface area (Å²) in [4.78, 5) is 5.24. The number of hydrogen-bond acceptors (Lipinski definition) is 4. The van der Waals surface area contributed by atoms with Crippen LogP contribution in [0.4, 0.5) is 0 Å². The number of nitrogens with one attached hydrogen (secondary N) is 1. The summed E-state index contributed by atoms with van der Waals surface area (Å²) in [6, 6.07) is 0. The van der Waals surface area contributed by atoms with E-state index in [9.17, 15) is 0 Å². The second-order valence-electron chi connectivity index (χ2n) is 3.03. The van der Waals surface area contributed by atoms with Gasteiger partial charge in [0.2, 0.25) is 0 Å². The molecule has 1 aromatic heterocycles. The summed E-state index contributed by atoms with van der Waals surface area (Å²) in [5.41, 5.74) is 1.21. The first-order valence-electron chi connectivity index (χ1n) is 4.35. The van der Waals surface area contributed by atoms with Gasteiger partial charge in [-0.15, -0.1) is 11.6 Å². The SMILES string of the molecule is COc1ncc(C2=CC(Cl)CNC2)s1. The van der Waals surface area contributed by atoms with E-state index in [-0.39, 0.29) is 5.38 Å². The standard InChI is InChI=1S/C9H11ClN2OS/c1-13-9-12-5-8(14-9)6-2-7(10)4-11-3-6/h2,5,7,11H,3-4H2,1H3. The summed E-state index contributed by atoms with van der Waals surface area (Å²) in [5.74, 6) is 0. The molecule has 1 aliphatic rings. The summed E-state index contributed by atoms with van der Waals surface area (Å²) in [6.07, 6.45) is 3.90. The zero-order valence-electron chi connectivity index (χ0n) is 7.79. The van der Waals surface area contributed by atoms with Crippen molar-refractivity contribution in [3.63, 3.8) is 0 Å². The highest BCUT2D eigenvalue weighted by Crippen LogP contribution is 2.28. The predicted octanol–water partition coefficient (Wildman–Crippen LogP) is 1.75. The molecule has 1 aliphatic heterocycles. The second kappa shape index (κ2) is 4.29. The third-order valence-electron chi connectivity index (χ3n) is 2.01. The lowest BCUT2D eigenvalue weighted by molar-refractivity contribution is 0.412. The lowest BCUT2D eigenvalue weighted by atomic mass is 10.1. The van der Waals surface area contributed by atoms with Crippen LogP contribution in [-0.4, -0.2) is 30.6 Å². The summed E-state index contributed by atoms with van der Waals surface area (Å²) >= 11 is 7.56. The maximum atomic E-state index is 6.02. The fraction of sp³-hybridized carbons (Fsp3) is 0.444. The van der Waals surface area contributed by atoms with Gasteiger partial charge >= 0.3 is 0 Å². The van der Waals surface area contributed by atoms with Crippen molar-refractivity contribution in [3.05, 3.63) is 17.2 Å². The number of aromatic nitrogens is 1. The molecule has 1 unspecified atom stereocenters. The molecule has 0 aromatic carbocycles. The predicted molar refractivity (Wildman–Crippen MR) is 59.2 cm³/mol. The first kappa shape index (κ1) is 9.96. The smallest absolute Gasteiger partial charge is 0.273 e. The zero-order valence-corrected chi connectivity index (χ0v) is 9.36. The summed E-state index contributed by atoms with van der Waals surface area (Å²) in [7, 11) is 1.63. The van der Waals surface area contributed by atoms with Crippen LogP contribution in [-0.2, 0) is 0 Å². The molecule has 14 heavy (non-hydrogen) atoms. The van der Waals surface area contributed by atoms with Crippen molar-refractivity contribution in [2.45, 2.75) is 5.38 Å². The van der Waals surface area contributed by atoms with Gasteiger partial charge in [-0.2, -0.15) is 0 Å².